The number of halogens is 1. The van der Waals surface area contributed by atoms with Gasteiger partial charge in [0.2, 0.25) is 0 Å². The van der Waals surface area contributed by atoms with Crippen LogP contribution in [0.1, 0.15) is 18.1 Å². The third-order valence-electron chi connectivity index (χ3n) is 4.45. The summed E-state index contributed by atoms with van der Waals surface area (Å²) < 4.78 is 18.0. The Kier molecular flexibility index (Phi) is 8.67. The van der Waals surface area contributed by atoms with E-state index in [-0.39, 0.29) is 5.91 Å². The van der Waals surface area contributed by atoms with E-state index in [4.69, 9.17) is 14.2 Å². The van der Waals surface area contributed by atoms with Crippen molar-refractivity contribution in [2.24, 2.45) is 5.10 Å². The number of amides is 1. The summed E-state index contributed by atoms with van der Waals surface area (Å²) in [5.74, 6) is 1.15. The molecule has 0 aromatic heterocycles. The topological polar surface area (TPSA) is 72.4 Å². The van der Waals surface area contributed by atoms with Gasteiger partial charge in [0.05, 0.1) is 32.6 Å². The Morgan fingerprint density at radius 1 is 1.17 bits per heavy atom. The molecule has 30 heavy (non-hydrogen) atoms. The highest BCUT2D eigenvalue weighted by atomic mass is 79.9. The van der Waals surface area contributed by atoms with E-state index in [0.717, 1.165) is 28.7 Å². The predicted molar refractivity (Wildman–Crippen MR) is 119 cm³/mol. The normalized spacial score (nSPS) is 14.6. The lowest BCUT2D eigenvalue weighted by Crippen LogP contribution is -2.42. The molecule has 8 heteroatoms. The van der Waals surface area contributed by atoms with Crippen LogP contribution in [0.4, 0.5) is 0 Å². The summed E-state index contributed by atoms with van der Waals surface area (Å²) in [6, 6.07) is 13.5. The molecule has 1 amide bonds. The van der Waals surface area contributed by atoms with Crippen LogP contribution in [0.2, 0.25) is 0 Å². The monoisotopic (exact) mass is 475 g/mol. The summed E-state index contributed by atoms with van der Waals surface area (Å²) in [7, 11) is 0. The molecule has 0 radical (unpaired) electrons. The molecular weight excluding hydrogens is 450 g/mol. The molecule has 0 atom stereocenters. The lowest BCUT2D eigenvalue weighted by Gasteiger charge is -2.25. The van der Waals surface area contributed by atoms with Gasteiger partial charge >= 0.3 is 0 Å². The molecule has 0 saturated carbocycles. The van der Waals surface area contributed by atoms with E-state index >= 15 is 0 Å². The van der Waals surface area contributed by atoms with Crippen LogP contribution in [0.3, 0.4) is 0 Å². The van der Waals surface area contributed by atoms with E-state index in [0.29, 0.717) is 44.5 Å². The van der Waals surface area contributed by atoms with E-state index in [1.54, 1.807) is 6.21 Å². The first-order chi connectivity index (χ1) is 14.6. The summed E-state index contributed by atoms with van der Waals surface area (Å²) in [6.07, 6.45) is 1.60. The van der Waals surface area contributed by atoms with E-state index in [1.165, 1.54) is 0 Å². The molecule has 160 valence electrons. The first-order valence-corrected chi connectivity index (χ1v) is 10.7. The van der Waals surface area contributed by atoms with Crippen molar-refractivity contribution < 1.29 is 19.0 Å². The number of nitrogens with zero attached hydrogens (tertiary/aromatic N) is 2. The van der Waals surface area contributed by atoms with Gasteiger partial charge in [-0.2, -0.15) is 5.10 Å². The largest absolute Gasteiger partial charge is 0.490 e. The SMILES string of the molecule is CCOc1cc(C=NNC(=O)CN2CCOCC2)ccc1OCc1ccc(Br)cc1. The number of nitrogens with one attached hydrogen (secondary N) is 1. The van der Waals surface area contributed by atoms with E-state index < -0.39 is 0 Å². The number of rotatable bonds is 9. The van der Waals surface area contributed by atoms with E-state index in [2.05, 4.69) is 26.5 Å². The first kappa shape index (κ1) is 22.3. The summed E-state index contributed by atoms with van der Waals surface area (Å²) >= 11 is 3.43. The Balaban J connectivity index is 1.55. The molecule has 2 aromatic carbocycles. The van der Waals surface area contributed by atoms with Gasteiger partial charge in [0, 0.05) is 17.6 Å². The number of hydrazone groups is 1. The van der Waals surface area contributed by atoms with Crippen LogP contribution < -0.4 is 14.9 Å². The number of ether oxygens (including phenoxy) is 3. The maximum Gasteiger partial charge on any atom is 0.254 e. The number of hydrogen-bond donors (Lipinski definition) is 1. The van der Waals surface area contributed by atoms with Gasteiger partial charge in [-0.05, 0) is 48.4 Å². The average molecular weight is 476 g/mol. The molecule has 1 aliphatic rings. The maximum atomic E-state index is 12.0. The van der Waals surface area contributed by atoms with Crippen molar-refractivity contribution in [2.45, 2.75) is 13.5 Å². The Hall–Kier alpha value is -2.42. The number of benzene rings is 2. The van der Waals surface area contributed by atoms with Crippen molar-refractivity contribution >= 4 is 28.1 Å². The molecule has 1 saturated heterocycles. The molecule has 3 rings (SSSR count). The first-order valence-electron chi connectivity index (χ1n) is 9.90. The van der Waals surface area contributed by atoms with Crippen LogP contribution in [-0.4, -0.2) is 56.5 Å². The van der Waals surface area contributed by atoms with E-state index in [1.807, 2.05) is 54.3 Å². The van der Waals surface area contributed by atoms with Crippen molar-refractivity contribution in [1.29, 1.82) is 0 Å². The van der Waals surface area contributed by atoms with E-state index in [9.17, 15) is 4.79 Å². The minimum atomic E-state index is -0.146. The van der Waals surface area contributed by atoms with Gasteiger partial charge in [0.25, 0.3) is 5.91 Å². The molecule has 1 heterocycles. The van der Waals surface area contributed by atoms with Crippen LogP contribution in [0.25, 0.3) is 0 Å². The van der Waals surface area contributed by atoms with Crippen LogP contribution in [0.15, 0.2) is 52.0 Å². The van der Waals surface area contributed by atoms with Gasteiger partial charge in [-0.1, -0.05) is 28.1 Å². The fourth-order valence-electron chi connectivity index (χ4n) is 2.91. The van der Waals surface area contributed by atoms with Gasteiger partial charge in [-0.15, -0.1) is 0 Å². The van der Waals surface area contributed by atoms with Gasteiger partial charge < -0.3 is 14.2 Å². The van der Waals surface area contributed by atoms with Crippen LogP contribution >= 0.6 is 15.9 Å². The van der Waals surface area contributed by atoms with Crippen LogP contribution in [0, 0.1) is 0 Å². The van der Waals surface area contributed by atoms with Crippen molar-refractivity contribution in [3.8, 4) is 11.5 Å². The highest BCUT2D eigenvalue weighted by Gasteiger charge is 2.13. The molecule has 2 aromatic rings. The zero-order valence-electron chi connectivity index (χ0n) is 17.0. The van der Waals surface area contributed by atoms with Gasteiger partial charge in [0.15, 0.2) is 11.5 Å². The highest BCUT2D eigenvalue weighted by Crippen LogP contribution is 2.29. The van der Waals surface area contributed by atoms with Gasteiger partial charge in [-0.25, -0.2) is 5.43 Å². The van der Waals surface area contributed by atoms with Crippen molar-refractivity contribution in [3.05, 3.63) is 58.1 Å². The van der Waals surface area contributed by atoms with Crippen LogP contribution in [-0.2, 0) is 16.1 Å². The second-order valence-electron chi connectivity index (χ2n) is 6.74. The van der Waals surface area contributed by atoms with Crippen molar-refractivity contribution in [3.63, 3.8) is 0 Å². The Morgan fingerprint density at radius 2 is 1.93 bits per heavy atom. The molecule has 1 fully saturated rings. The molecule has 1 aliphatic heterocycles. The molecule has 0 unspecified atom stereocenters. The quantitative estimate of drug-likeness (QED) is 0.445. The fourth-order valence-corrected chi connectivity index (χ4v) is 3.18. The summed E-state index contributed by atoms with van der Waals surface area (Å²) in [6.45, 7) is 6.04. The molecule has 0 aliphatic carbocycles. The fraction of sp³-hybridized carbons (Fsp3) is 0.364. The number of hydrogen-bond acceptors (Lipinski definition) is 6. The zero-order valence-corrected chi connectivity index (χ0v) is 18.6. The average Bonchev–Trinajstić information content (AvgIpc) is 2.75. The highest BCUT2D eigenvalue weighted by molar-refractivity contribution is 9.10. The lowest BCUT2D eigenvalue weighted by molar-refractivity contribution is -0.123. The zero-order chi connectivity index (χ0) is 21.2. The Labute approximate surface area is 185 Å². The van der Waals surface area contributed by atoms with Gasteiger partial charge in [0.1, 0.15) is 6.61 Å². The standard InChI is InChI=1S/C22H26BrN3O4/c1-2-29-21-13-18(14-24-25-22(27)15-26-9-11-28-12-10-26)5-8-20(21)30-16-17-3-6-19(23)7-4-17/h3-8,13-14H,2,9-12,15-16H2,1H3,(H,25,27). The Bertz CT molecular complexity index is 852. The molecule has 1 N–H and O–H groups in total. The summed E-state index contributed by atoms with van der Waals surface area (Å²) in [5, 5.41) is 4.06. The number of carbonyl (C=O) groups is 1. The summed E-state index contributed by atoms with van der Waals surface area (Å²) in [4.78, 5) is 14.1. The van der Waals surface area contributed by atoms with Gasteiger partial charge in [-0.3, -0.25) is 9.69 Å². The minimum absolute atomic E-state index is 0.146. The molecule has 0 spiro atoms. The minimum Gasteiger partial charge on any atom is -0.490 e. The van der Waals surface area contributed by atoms with Crippen molar-refractivity contribution in [1.82, 2.24) is 10.3 Å². The third kappa shape index (κ3) is 7.12. The number of carbonyl (C=O) groups excluding carboxylic acids is 1. The summed E-state index contributed by atoms with van der Waals surface area (Å²) in [5.41, 5.74) is 4.44. The second-order valence-corrected chi connectivity index (χ2v) is 7.65. The second kappa shape index (κ2) is 11.7. The van der Waals surface area contributed by atoms with Crippen molar-refractivity contribution in [2.75, 3.05) is 39.5 Å². The Morgan fingerprint density at radius 3 is 2.67 bits per heavy atom. The maximum absolute atomic E-state index is 12.0. The molecule has 0 bridgehead atoms. The predicted octanol–water partition coefficient (Wildman–Crippen LogP) is 3.21. The lowest BCUT2D eigenvalue weighted by atomic mass is 10.2. The third-order valence-corrected chi connectivity index (χ3v) is 4.98. The molecular formula is C22H26BrN3O4. The smallest absolute Gasteiger partial charge is 0.254 e. The molecule has 7 nitrogen and oxygen atoms in total. The van der Waals surface area contributed by atoms with Crippen LogP contribution in [0.5, 0.6) is 11.5 Å². The number of morpholine rings is 1.